The lowest BCUT2D eigenvalue weighted by atomic mass is 9.66. The smallest absolute Gasteiger partial charge is 0.340 e. The van der Waals surface area contributed by atoms with Crippen molar-refractivity contribution < 1.29 is 42.7 Å². The molecule has 1 fully saturated rings. The maximum atomic E-state index is 13.3. The maximum Gasteiger partial charge on any atom is 0.340 e. The topological polar surface area (TPSA) is 112 Å². The number of methoxy groups -OCH3 is 3. The van der Waals surface area contributed by atoms with Crippen molar-refractivity contribution in [3.63, 3.8) is 0 Å². The Kier molecular flexibility index (Phi) is 6.46. The highest BCUT2D eigenvalue weighted by molar-refractivity contribution is 9.10. The second-order valence-corrected chi connectivity index (χ2v) is 10.2. The first-order valence-electron chi connectivity index (χ1n) is 12.1. The number of pyridine rings is 1. The predicted molar refractivity (Wildman–Crippen MR) is 139 cm³/mol. The number of carbonyl (C=O) groups excluding carboxylic acids is 2. The van der Waals surface area contributed by atoms with Gasteiger partial charge in [0.15, 0.2) is 23.0 Å². The van der Waals surface area contributed by atoms with Crippen LogP contribution in [0.2, 0.25) is 0 Å². The highest BCUT2D eigenvalue weighted by atomic mass is 79.9. The molecule has 1 saturated heterocycles. The van der Waals surface area contributed by atoms with Crippen molar-refractivity contribution in [3.8, 4) is 28.7 Å². The van der Waals surface area contributed by atoms with Gasteiger partial charge in [-0.3, -0.25) is 9.78 Å². The van der Waals surface area contributed by atoms with Crippen LogP contribution >= 0.6 is 15.9 Å². The SMILES string of the molecule is COc1cc([C@@H]2c3cc4c(cc3[C@H](OC(=O)c3cncc(Br)c3)[C@H]3COC(=O)[C@H]23)OCO4)cc(OC)c1OC. The first kappa shape index (κ1) is 25.3. The summed E-state index contributed by atoms with van der Waals surface area (Å²) >= 11 is 3.34. The van der Waals surface area contributed by atoms with E-state index in [1.807, 2.05) is 24.3 Å². The van der Waals surface area contributed by atoms with Gasteiger partial charge in [-0.2, -0.15) is 0 Å². The number of nitrogens with zero attached hydrogens (tertiary/aromatic N) is 1. The standard InChI is InChI=1S/C28H24BrNO9/c1-33-21-5-13(6-22(34-2)26(21)35-3)23-16-7-19-20(38-12-37-19)8-17(16)25(18-11-36-28(32)24(18)23)39-27(31)14-4-15(29)10-30-9-14/h4-10,18,23-25H,11-12H2,1-3H3/t18-,23+,24-,25-/m0/s1. The predicted octanol–water partition coefficient (Wildman–Crippen LogP) is 4.43. The molecule has 3 aliphatic rings. The number of ether oxygens (including phenoxy) is 7. The fourth-order valence-electron chi connectivity index (χ4n) is 5.65. The second kappa shape index (κ2) is 9.96. The van der Waals surface area contributed by atoms with Crippen molar-refractivity contribution in [2.24, 2.45) is 11.8 Å². The van der Waals surface area contributed by atoms with E-state index in [9.17, 15) is 9.59 Å². The summed E-state index contributed by atoms with van der Waals surface area (Å²) in [7, 11) is 4.60. The number of benzene rings is 2. The number of hydrogen-bond donors (Lipinski definition) is 0. The van der Waals surface area contributed by atoms with Gasteiger partial charge < -0.3 is 33.2 Å². The van der Waals surface area contributed by atoms with Crippen LogP contribution in [0.4, 0.5) is 0 Å². The lowest BCUT2D eigenvalue weighted by molar-refractivity contribution is -0.141. The lowest BCUT2D eigenvalue weighted by Crippen LogP contribution is -2.36. The highest BCUT2D eigenvalue weighted by Crippen LogP contribution is 2.56. The Bertz CT molecular complexity index is 1450. The molecule has 2 aromatic carbocycles. The summed E-state index contributed by atoms with van der Waals surface area (Å²) in [5, 5.41) is 0. The third-order valence-corrected chi connectivity index (χ3v) is 7.77. The first-order valence-corrected chi connectivity index (χ1v) is 12.9. The van der Waals surface area contributed by atoms with E-state index in [0.29, 0.717) is 38.8 Å². The number of esters is 2. The van der Waals surface area contributed by atoms with Gasteiger partial charge in [-0.15, -0.1) is 0 Å². The third-order valence-electron chi connectivity index (χ3n) is 7.34. The highest BCUT2D eigenvalue weighted by Gasteiger charge is 2.54. The summed E-state index contributed by atoms with van der Waals surface area (Å²) in [5.74, 6) is -0.133. The molecule has 11 heteroatoms. The number of hydrogen-bond acceptors (Lipinski definition) is 10. The van der Waals surface area contributed by atoms with Crippen LogP contribution in [0.15, 0.2) is 47.2 Å². The molecule has 10 nitrogen and oxygen atoms in total. The number of aromatic nitrogens is 1. The molecule has 6 rings (SSSR count). The van der Waals surface area contributed by atoms with Crippen LogP contribution in [0, 0.1) is 11.8 Å². The van der Waals surface area contributed by atoms with Gasteiger partial charge >= 0.3 is 11.9 Å². The van der Waals surface area contributed by atoms with Gasteiger partial charge in [0, 0.05) is 34.3 Å². The molecule has 3 heterocycles. The zero-order valence-electron chi connectivity index (χ0n) is 21.3. The zero-order valence-corrected chi connectivity index (χ0v) is 22.9. The quantitative estimate of drug-likeness (QED) is 0.378. The van der Waals surface area contributed by atoms with E-state index in [-0.39, 0.29) is 24.9 Å². The van der Waals surface area contributed by atoms with Crippen LogP contribution in [-0.2, 0) is 14.3 Å². The molecule has 1 aliphatic carbocycles. The summed E-state index contributed by atoms with van der Waals surface area (Å²) in [6.07, 6.45) is 2.23. The summed E-state index contributed by atoms with van der Waals surface area (Å²) in [6, 6.07) is 8.93. The molecule has 202 valence electrons. The number of cyclic esters (lactones) is 1. The van der Waals surface area contributed by atoms with E-state index >= 15 is 0 Å². The summed E-state index contributed by atoms with van der Waals surface area (Å²) in [6.45, 7) is 0.156. The molecule has 0 bridgehead atoms. The average molecular weight is 598 g/mol. The van der Waals surface area contributed by atoms with Crippen LogP contribution < -0.4 is 23.7 Å². The Morgan fingerprint density at radius 2 is 1.62 bits per heavy atom. The first-order chi connectivity index (χ1) is 18.9. The molecule has 0 saturated carbocycles. The van der Waals surface area contributed by atoms with Crippen molar-refractivity contribution >= 4 is 27.9 Å². The van der Waals surface area contributed by atoms with Crippen LogP contribution in [0.5, 0.6) is 28.7 Å². The van der Waals surface area contributed by atoms with Gasteiger partial charge in [0.2, 0.25) is 12.5 Å². The fraction of sp³-hybridized carbons (Fsp3) is 0.321. The monoisotopic (exact) mass is 597 g/mol. The van der Waals surface area contributed by atoms with Crippen LogP contribution in [-0.4, -0.2) is 51.7 Å². The molecule has 0 amide bonds. The molecular formula is C28H24BrNO9. The van der Waals surface area contributed by atoms with E-state index in [0.717, 1.165) is 11.1 Å². The van der Waals surface area contributed by atoms with Crippen molar-refractivity contribution in [1.82, 2.24) is 4.98 Å². The molecule has 39 heavy (non-hydrogen) atoms. The normalized spacial score (nSPS) is 22.4. The molecule has 0 unspecified atom stereocenters. The van der Waals surface area contributed by atoms with E-state index in [1.165, 1.54) is 27.5 Å². The summed E-state index contributed by atoms with van der Waals surface area (Å²) < 4.78 is 40.4. The van der Waals surface area contributed by atoms with Gasteiger partial charge in [0.25, 0.3) is 0 Å². The Morgan fingerprint density at radius 3 is 2.26 bits per heavy atom. The Hall–Kier alpha value is -3.99. The number of rotatable bonds is 6. The minimum atomic E-state index is -0.782. The number of carbonyl (C=O) groups is 2. The molecule has 1 aromatic heterocycles. The van der Waals surface area contributed by atoms with Gasteiger partial charge in [-0.1, -0.05) is 0 Å². The van der Waals surface area contributed by atoms with Crippen LogP contribution in [0.3, 0.4) is 0 Å². The molecule has 3 aromatic rings. The van der Waals surface area contributed by atoms with Gasteiger partial charge in [0.1, 0.15) is 6.10 Å². The van der Waals surface area contributed by atoms with E-state index < -0.39 is 29.8 Å². The third kappa shape index (κ3) is 4.21. The van der Waals surface area contributed by atoms with Crippen molar-refractivity contribution in [1.29, 1.82) is 0 Å². The Morgan fingerprint density at radius 1 is 0.923 bits per heavy atom. The molecule has 2 aliphatic heterocycles. The minimum Gasteiger partial charge on any atom is -0.493 e. The maximum absolute atomic E-state index is 13.3. The van der Waals surface area contributed by atoms with Gasteiger partial charge in [-0.05, 0) is 57.4 Å². The minimum absolute atomic E-state index is 0.0656. The van der Waals surface area contributed by atoms with Crippen molar-refractivity contribution in [3.05, 3.63) is 69.5 Å². The Labute approximate surface area is 232 Å². The molecule has 0 N–H and O–H groups in total. The molecular weight excluding hydrogens is 574 g/mol. The van der Waals surface area contributed by atoms with E-state index in [1.54, 1.807) is 12.3 Å². The van der Waals surface area contributed by atoms with Crippen molar-refractivity contribution in [2.45, 2.75) is 12.0 Å². The zero-order chi connectivity index (χ0) is 27.3. The summed E-state index contributed by atoms with van der Waals surface area (Å²) in [4.78, 5) is 30.6. The number of halogens is 1. The van der Waals surface area contributed by atoms with E-state index in [4.69, 9.17) is 33.2 Å². The molecule has 0 radical (unpaired) electrons. The van der Waals surface area contributed by atoms with Gasteiger partial charge in [-0.25, -0.2) is 4.79 Å². The largest absolute Gasteiger partial charge is 0.493 e. The molecule has 4 atom stereocenters. The average Bonchev–Trinajstić information content (AvgIpc) is 3.57. The second-order valence-electron chi connectivity index (χ2n) is 9.31. The Balaban J connectivity index is 1.52. The lowest BCUT2D eigenvalue weighted by Gasteiger charge is -2.38. The molecule has 0 spiro atoms. The van der Waals surface area contributed by atoms with E-state index in [2.05, 4.69) is 20.9 Å². The number of fused-ring (bicyclic) bond motifs is 3. The summed E-state index contributed by atoms with van der Waals surface area (Å²) in [5.41, 5.74) is 2.48. The van der Waals surface area contributed by atoms with Crippen LogP contribution in [0.25, 0.3) is 0 Å². The van der Waals surface area contributed by atoms with Crippen LogP contribution in [0.1, 0.15) is 39.1 Å². The fourth-order valence-corrected chi connectivity index (χ4v) is 6.02. The van der Waals surface area contributed by atoms with Crippen molar-refractivity contribution in [2.75, 3.05) is 34.7 Å². The van der Waals surface area contributed by atoms with Gasteiger partial charge in [0.05, 0.1) is 39.4 Å².